The van der Waals surface area contributed by atoms with Crippen molar-refractivity contribution >= 4 is 0 Å². The van der Waals surface area contributed by atoms with Crippen molar-refractivity contribution in [2.24, 2.45) is 0 Å². The van der Waals surface area contributed by atoms with Crippen molar-refractivity contribution in [3.05, 3.63) is 0 Å². The van der Waals surface area contributed by atoms with Crippen LogP contribution in [-0.2, 0) is 9.47 Å². The number of aliphatic hydroxyl groups is 2. The van der Waals surface area contributed by atoms with Crippen LogP contribution in [-0.4, -0.2) is 46.8 Å². The molecule has 0 aromatic heterocycles. The Balaban J connectivity index is 1.81. The molecular formula is C14H26O4. The van der Waals surface area contributed by atoms with Gasteiger partial charge in [0, 0.05) is 0 Å². The molecule has 0 aliphatic carbocycles. The maximum atomic E-state index is 9.79. The molecule has 2 aliphatic rings. The number of ether oxygens (including phenoxy) is 2. The highest BCUT2D eigenvalue weighted by Crippen LogP contribution is 2.33. The van der Waals surface area contributed by atoms with Gasteiger partial charge in [0.2, 0.25) is 0 Å². The van der Waals surface area contributed by atoms with Gasteiger partial charge in [0.25, 0.3) is 0 Å². The third-order valence-electron chi connectivity index (χ3n) is 4.28. The molecule has 0 unspecified atom stereocenters. The zero-order valence-electron chi connectivity index (χ0n) is 11.4. The number of rotatable bonds is 5. The summed E-state index contributed by atoms with van der Waals surface area (Å²) in [5.74, 6) is 0. The van der Waals surface area contributed by atoms with Crippen molar-refractivity contribution < 1.29 is 19.7 Å². The van der Waals surface area contributed by atoms with E-state index in [1.54, 1.807) is 0 Å². The summed E-state index contributed by atoms with van der Waals surface area (Å²) in [6, 6.07) is 0. The van der Waals surface area contributed by atoms with Crippen LogP contribution >= 0.6 is 0 Å². The standard InChI is InChI=1S/C14H26O4/c1-3-9(15)11-5-7-13(17-11)14-8-6-12(18-14)10(16)4-2/h9-16H,3-8H2,1-2H3/t9-,10+,11-,12-,13-,14-/m0/s1. The van der Waals surface area contributed by atoms with Gasteiger partial charge < -0.3 is 19.7 Å². The molecule has 0 aromatic rings. The van der Waals surface area contributed by atoms with E-state index in [1.165, 1.54) is 0 Å². The summed E-state index contributed by atoms with van der Waals surface area (Å²) in [5, 5.41) is 19.6. The summed E-state index contributed by atoms with van der Waals surface area (Å²) in [7, 11) is 0. The third kappa shape index (κ3) is 3.05. The van der Waals surface area contributed by atoms with Crippen LogP contribution in [0.5, 0.6) is 0 Å². The SMILES string of the molecule is CC[C@@H](O)[C@@H]1CC[C@@H]([C@@H]2CC[C@@H]([C@@H](O)CC)O2)O1. The van der Waals surface area contributed by atoms with Gasteiger partial charge in [-0.15, -0.1) is 0 Å². The van der Waals surface area contributed by atoms with Gasteiger partial charge in [0.1, 0.15) is 0 Å². The average Bonchev–Trinajstić information content (AvgIpc) is 3.04. The summed E-state index contributed by atoms with van der Waals surface area (Å²) < 4.78 is 11.8. The second-order valence-corrected chi connectivity index (χ2v) is 5.53. The topological polar surface area (TPSA) is 58.9 Å². The monoisotopic (exact) mass is 258 g/mol. The molecule has 6 atom stereocenters. The minimum atomic E-state index is -0.353. The van der Waals surface area contributed by atoms with E-state index in [-0.39, 0.29) is 36.6 Å². The summed E-state index contributed by atoms with van der Waals surface area (Å²) in [5.41, 5.74) is 0. The molecule has 0 amide bonds. The largest absolute Gasteiger partial charge is 0.390 e. The second-order valence-electron chi connectivity index (χ2n) is 5.53. The van der Waals surface area contributed by atoms with E-state index in [1.807, 2.05) is 13.8 Å². The fourth-order valence-corrected chi connectivity index (χ4v) is 3.02. The maximum Gasteiger partial charge on any atom is 0.0842 e. The van der Waals surface area contributed by atoms with Gasteiger partial charge in [-0.1, -0.05) is 13.8 Å². The van der Waals surface area contributed by atoms with E-state index in [2.05, 4.69) is 0 Å². The molecule has 2 saturated heterocycles. The van der Waals surface area contributed by atoms with E-state index in [4.69, 9.17) is 9.47 Å². The van der Waals surface area contributed by atoms with Gasteiger partial charge >= 0.3 is 0 Å². The Morgan fingerprint density at radius 2 is 1.22 bits per heavy atom. The van der Waals surface area contributed by atoms with Gasteiger partial charge in [-0.05, 0) is 38.5 Å². The highest BCUT2D eigenvalue weighted by molar-refractivity contribution is 4.88. The summed E-state index contributed by atoms with van der Waals surface area (Å²) in [6.45, 7) is 3.95. The van der Waals surface area contributed by atoms with Gasteiger partial charge in [0.05, 0.1) is 36.6 Å². The molecule has 2 aliphatic heterocycles. The van der Waals surface area contributed by atoms with Crippen molar-refractivity contribution in [1.82, 2.24) is 0 Å². The zero-order chi connectivity index (χ0) is 13.1. The Labute approximate surface area is 109 Å². The lowest BCUT2D eigenvalue weighted by Gasteiger charge is -2.23. The van der Waals surface area contributed by atoms with Crippen molar-refractivity contribution in [3.63, 3.8) is 0 Å². The molecule has 2 fully saturated rings. The minimum absolute atomic E-state index is 0.0289. The maximum absolute atomic E-state index is 9.79. The molecule has 2 rings (SSSR count). The molecule has 106 valence electrons. The van der Waals surface area contributed by atoms with Gasteiger partial charge in [0.15, 0.2) is 0 Å². The highest BCUT2D eigenvalue weighted by atomic mass is 16.6. The predicted molar refractivity (Wildman–Crippen MR) is 68.4 cm³/mol. The van der Waals surface area contributed by atoms with Crippen LogP contribution in [0.3, 0.4) is 0 Å². The minimum Gasteiger partial charge on any atom is -0.390 e. The first-order valence-corrected chi connectivity index (χ1v) is 7.32. The van der Waals surface area contributed by atoms with E-state index in [0.29, 0.717) is 0 Å². The van der Waals surface area contributed by atoms with E-state index in [9.17, 15) is 10.2 Å². The smallest absolute Gasteiger partial charge is 0.0842 e. The van der Waals surface area contributed by atoms with Gasteiger partial charge in [-0.2, -0.15) is 0 Å². The Morgan fingerprint density at radius 1 is 0.833 bits per heavy atom. The Bertz CT molecular complexity index is 232. The quantitative estimate of drug-likeness (QED) is 0.787. The summed E-state index contributed by atoms with van der Waals surface area (Å²) in [6.07, 6.45) is 4.67. The lowest BCUT2D eigenvalue weighted by atomic mass is 10.0. The van der Waals surface area contributed by atoms with Gasteiger partial charge in [-0.25, -0.2) is 0 Å². The van der Waals surface area contributed by atoms with Crippen molar-refractivity contribution in [3.8, 4) is 0 Å². The van der Waals surface area contributed by atoms with Crippen LogP contribution in [0, 0.1) is 0 Å². The first-order chi connectivity index (χ1) is 8.65. The van der Waals surface area contributed by atoms with Crippen LogP contribution < -0.4 is 0 Å². The lowest BCUT2D eigenvalue weighted by Crippen LogP contribution is -2.32. The molecule has 0 saturated carbocycles. The molecule has 0 aromatic carbocycles. The number of hydrogen-bond acceptors (Lipinski definition) is 4. The highest BCUT2D eigenvalue weighted by Gasteiger charge is 2.40. The van der Waals surface area contributed by atoms with E-state index in [0.717, 1.165) is 38.5 Å². The average molecular weight is 258 g/mol. The summed E-state index contributed by atoms with van der Waals surface area (Å²) in [4.78, 5) is 0. The Kier molecular flexibility index (Phi) is 5.01. The van der Waals surface area contributed by atoms with Crippen LogP contribution in [0.15, 0.2) is 0 Å². The second kappa shape index (κ2) is 6.33. The molecular weight excluding hydrogens is 232 g/mol. The van der Waals surface area contributed by atoms with Crippen LogP contribution in [0.4, 0.5) is 0 Å². The fourth-order valence-electron chi connectivity index (χ4n) is 3.02. The molecule has 2 heterocycles. The third-order valence-corrected chi connectivity index (χ3v) is 4.28. The molecule has 2 N–H and O–H groups in total. The van der Waals surface area contributed by atoms with E-state index >= 15 is 0 Å². The molecule has 18 heavy (non-hydrogen) atoms. The molecule has 4 heteroatoms. The van der Waals surface area contributed by atoms with Crippen molar-refractivity contribution in [1.29, 1.82) is 0 Å². The van der Waals surface area contributed by atoms with E-state index < -0.39 is 0 Å². The summed E-state index contributed by atoms with van der Waals surface area (Å²) >= 11 is 0. The fraction of sp³-hybridized carbons (Fsp3) is 1.00. The molecule has 0 spiro atoms. The molecule has 0 radical (unpaired) electrons. The number of aliphatic hydroxyl groups excluding tert-OH is 2. The predicted octanol–water partition coefficient (Wildman–Crippen LogP) is 1.62. The first kappa shape index (κ1) is 14.3. The van der Waals surface area contributed by atoms with Crippen LogP contribution in [0.25, 0.3) is 0 Å². The molecule has 0 bridgehead atoms. The Morgan fingerprint density at radius 3 is 1.56 bits per heavy atom. The van der Waals surface area contributed by atoms with Crippen molar-refractivity contribution in [2.75, 3.05) is 0 Å². The normalized spacial score (nSPS) is 40.0. The van der Waals surface area contributed by atoms with Gasteiger partial charge in [-0.3, -0.25) is 0 Å². The van der Waals surface area contributed by atoms with Crippen LogP contribution in [0.2, 0.25) is 0 Å². The van der Waals surface area contributed by atoms with Crippen molar-refractivity contribution in [2.45, 2.75) is 89.0 Å². The lowest BCUT2D eigenvalue weighted by molar-refractivity contribution is -0.109. The first-order valence-electron chi connectivity index (χ1n) is 7.32. The van der Waals surface area contributed by atoms with Crippen LogP contribution in [0.1, 0.15) is 52.4 Å². The zero-order valence-corrected chi connectivity index (χ0v) is 11.4. The Hall–Kier alpha value is -0.160. The number of hydrogen-bond donors (Lipinski definition) is 2. The molecule has 4 nitrogen and oxygen atoms in total.